The number of nitrogens with zero attached hydrogens (tertiary/aromatic N) is 1. The van der Waals surface area contributed by atoms with E-state index in [1.165, 1.54) is 0 Å². The zero-order valence-corrected chi connectivity index (χ0v) is 13.5. The van der Waals surface area contributed by atoms with Crippen LogP contribution in [-0.4, -0.2) is 18.4 Å². The topological polar surface area (TPSA) is 73.9 Å². The number of hydrogen-bond acceptors (Lipinski definition) is 4. The average molecular weight is 312 g/mol. The van der Waals surface area contributed by atoms with Gasteiger partial charge in [0.2, 0.25) is 0 Å². The highest BCUT2D eigenvalue weighted by atomic mass is 16.7. The predicted molar refractivity (Wildman–Crippen MR) is 89.4 cm³/mol. The minimum Gasteiger partial charge on any atom is -0.482 e. The molecule has 23 heavy (non-hydrogen) atoms. The fourth-order valence-corrected chi connectivity index (χ4v) is 2.06. The number of benzene rings is 2. The van der Waals surface area contributed by atoms with Crippen LogP contribution in [0.4, 0.5) is 0 Å². The Morgan fingerprint density at radius 3 is 2.22 bits per heavy atom. The normalized spacial score (nSPS) is 11.2. The van der Waals surface area contributed by atoms with Gasteiger partial charge in [-0.2, -0.15) is 0 Å². The van der Waals surface area contributed by atoms with E-state index in [9.17, 15) is 4.79 Å². The van der Waals surface area contributed by atoms with Crippen molar-refractivity contribution in [3.05, 3.63) is 64.7 Å². The Bertz CT molecular complexity index is 701. The van der Waals surface area contributed by atoms with Gasteiger partial charge in [-0.1, -0.05) is 41.1 Å². The van der Waals surface area contributed by atoms with E-state index in [0.29, 0.717) is 11.3 Å². The first-order valence-corrected chi connectivity index (χ1v) is 7.25. The summed E-state index contributed by atoms with van der Waals surface area (Å²) < 4.78 is 5.40. The van der Waals surface area contributed by atoms with Crippen molar-refractivity contribution in [2.45, 2.75) is 20.8 Å². The number of amidine groups is 1. The van der Waals surface area contributed by atoms with Crippen LogP contribution in [0.5, 0.6) is 5.75 Å². The Morgan fingerprint density at radius 2 is 1.61 bits per heavy atom. The van der Waals surface area contributed by atoms with Gasteiger partial charge in [0, 0.05) is 5.56 Å². The molecule has 0 radical (unpaired) electrons. The molecule has 2 aromatic rings. The molecular formula is C18H20N2O3. The lowest BCUT2D eigenvalue weighted by atomic mass is 10.1. The number of rotatable bonds is 5. The SMILES string of the molecule is Cc1ccc(/C(N)=N/OC(=O)COc2cc(C)cc(C)c2)cc1. The minimum atomic E-state index is -0.612. The van der Waals surface area contributed by atoms with Crippen LogP contribution in [0.1, 0.15) is 22.3 Å². The molecule has 0 heterocycles. The Kier molecular flexibility index (Phi) is 5.36. The summed E-state index contributed by atoms with van der Waals surface area (Å²) in [5.74, 6) is 0.152. The van der Waals surface area contributed by atoms with Gasteiger partial charge in [-0.25, -0.2) is 4.79 Å². The van der Waals surface area contributed by atoms with Crippen molar-refractivity contribution in [2.75, 3.05) is 6.61 Å². The zero-order valence-electron chi connectivity index (χ0n) is 13.5. The summed E-state index contributed by atoms with van der Waals surface area (Å²) in [6.45, 7) is 5.67. The first kappa shape index (κ1) is 16.5. The number of carbonyl (C=O) groups excluding carboxylic acids is 1. The Morgan fingerprint density at radius 1 is 1.00 bits per heavy atom. The van der Waals surface area contributed by atoms with Crippen molar-refractivity contribution in [3.8, 4) is 5.75 Å². The lowest BCUT2D eigenvalue weighted by molar-refractivity contribution is -0.146. The van der Waals surface area contributed by atoms with Gasteiger partial charge in [0.05, 0.1) is 0 Å². The van der Waals surface area contributed by atoms with Crippen LogP contribution < -0.4 is 10.5 Å². The van der Waals surface area contributed by atoms with E-state index >= 15 is 0 Å². The molecule has 0 saturated carbocycles. The molecule has 5 nitrogen and oxygen atoms in total. The van der Waals surface area contributed by atoms with Crippen LogP contribution in [0, 0.1) is 20.8 Å². The van der Waals surface area contributed by atoms with Crippen LogP contribution >= 0.6 is 0 Å². The second-order valence-corrected chi connectivity index (χ2v) is 5.42. The van der Waals surface area contributed by atoms with Crippen molar-refractivity contribution in [1.82, 2.24) is 0 Å². The third-order valence-electron chi connectivity index (χ3n) is 3.15. The fourth-order valence-electron chi connectivity index (χ4n) is 2.06. The van der Waals surface area contributed by atoms with E-state index in [0.717, 1.165) is 16.7 Å². The summed E-state index contributed by atoms with van der Waals surface area (Å²) in [4.78, 5) is 16.4. The van der Waals surface area contributed by atoms with E-state index in [1.807, 2.05) is 63.2 Å². The highest BCUT2D eigenvalue weighted by molar-refractivity contribution is 5.97. The Labute approximate surface area is 135 Å². The Hall–Kier alpha value is -2.82. The molecule has 2 rings (SSSR count). The fraction of sp³-hybridized carbons (Fsp3) is 0.222. The lowest BCUT2D eigenvalue weighted by Crippen LogP contribution is -2.18. The monoisotopic (exact) mass is 312 g/mol. The van der Waals surface area contributed by atoms with Crippen molar-refractivity contribution < 1.29 is 14.4 Å². The van der Waals surface area contributed by atoms with Gasteiger partial charge in [0.25, 0.3) is 0 Å². The highest BCUT2D eigenvalue weighted by Gasteiger charge is 2.06. The van der Waals surface area contributed by atoms with Gasteiger partial charge < -0.3 is 15.3 Å². The smallest absolute Gasteiger partial charge is 0.372 e. The van der Waals surface area contributed by atoms with Crippen LogP contribution in [0.15, 0.2) is 47.6 Å². The molecule has 0 aliphatic rings. The third-order valence-corrected chi connectivity index (χ3v) is 3.15. The molecule has 0 aliphatic carbocycles. The number of ether oxygens (including phenoxy) is 1. The van der Waals surface area contributed by atoms with Crippen LogP contribution in [0.2, 0.25) is 0 Å². The van der Waals surface area contributed by atoms with E-state index in [4.69, 9.17) is 15.3 Å². The molecule has 0 fully saturated rings. The van der Waals surface area contributed by atoms with Crippen molar-refractivity contribution in [3.63, 3.8) is 0 Å². The number of hydrogen-bond donors (Lipinski definition) is 1. The molecule has 0 atom stereocenters. The average Bonchev–Trinajstić information content (AvgIpc) is 2.50. The molecule has 2 aromatic carbocycles. The predicted octanol–water partition coefficient (Wildman–Crippen LogP) is 2.85. The summed E-state index contributed by atoms with van der Waals surface area (Å²) in [6, 6.07) is 13.2. The molecule has 0 unspecified atom stereocenters. The molecule has 120 valence electrons. The van der Waals surface area contributed by atoms with Crippen molar-refractivity contribution in [2.24, 2.45) is 10.9 Å². The highest BCUT2D eigenvalue weighted by Crippen LogP contribution is 2.16. The number of nitrogens with two attached hydrogens (primary N) is 1. The summed E-state index contributed by atoms with van der Waals surface area (Å²) in [5, 5.41) is 3.64. The maximum absolute atomic E-state index is 11.7. The maximum atomic E-state index is 11.7. The Balaban J connectivity index is 1.89. The van der Waals surface area contributed by atoms with E-state index < -0.39 is 5.97 Å². The molecule has 0 bridgehead atoms. The summed E-state index contributed by atoms with van der Waals surface area (Å²) in [6.07, 6.45) is 0. The van der Waals surface area contributed by atoms with Gasteiger partial charge >= 0.3 is 5.97 Å². The lowest BCUT2D eigenvalue weighted by Gasteiger charge is -2.07. The van der Waals surface area contributed by atoms with E-state index in [1.54, 1.807) is 0 Å². The molecule has 0 amide bonds. The van der Waals surface area contributed by atoms with Gasteiger partial charge in [-0.3, -0.25) is 0 Å². The first-order chi connectivity index (χ1) is 10.9. The third kappa shape index (κ3) is 5.14. The molecule has 0 aliphatic heterocycles. The summed E-state index contributed by atoms with van der Waals surface area (Å²) in [5.41, 5.74) is 9.71. The minimum absolute atomic E-state index is 0.143. The second-order valence-electron chi connectivity index (χ2n) is 5.42. The maximum Gasteiger partial charge on any atom is 0.372 e. The van der Waals surface area contributed by atoms with Crippen molar-refractivity contribution >= 4 is 11.8 Å². The van der Waals surface area contributed by atoms with Gasteiger partial charge in [-0.05, 0) is 44.0 Å². The van der Waals surface area contributed by atoms with Gasteiger partial charge in [0.15, 0.2) is 12.4 Å². The molecular weight excluding hydrogens is 292 g/mol. The standard InChI is InChI=1S/C18H20N2O3/c1-12-4-6-15(7-5-12)18(19)20-23-17(21)11-22-16-9-13(2)8-14(3)10-16/h4-10H,11H2,1-3H3,(H2,19,20). The summed E-state index contributed by atoms with van der Waals surface area (Å²) >= 11 is 0. The quantitative estimate of drug-likeness (QED) is 0.399. The second kappa shape index (κ2) is 7.45. The van der Waals surface area contributed by atoms with Crippen LogP contribution in [-0.2, 0) is 9.63 Å². The van der Waals surface area contributed by atoms with Crippen LogP contribution in [0.3, 0.4) is 0 Å². The van der Waals surface area contributed by atoms with E-state index in [-0.39, 0.29) is 12.4 Å². The van der Waals surface area contributed by atoms with Crippen LogP contribution in [0.25, 0.3) is 0 Å². The van der Waals surface area contributed by atoms with Crippen molar-refractivity contribution in [1.29, 1.82) is 0 Å². The van der Waals surface area contributed by atoms with E-state index in [2.05, 4.69) is 5.16 Å². The largest absolute Gasteiger partial charge is 0.482 e. The number of oxime groups is 1. The number of carbonyl (C=O) groups is 1. The molecule has 0 aromatic heterocycles. The first-order valence-electron chi connectivity index (χ1n) is 7.25. The molecule has 5 heteroatoms. The molecule has 0 saturated heterocycles. The molecule has 0 spiro atoms. The molecule has 2 N–H and O–H groups in total. The zero-order chi connectivity index (χ0) is 16.8. The summed E-state index contributed by atoms with van der Waals surface area (Å²) in [7, 11) is 0. The van der Waals surface area contributed by atoms with Gasteiger partial charge in [0.1, 0.15) is 5.75 Å². The number of aryl methyl sites for hydroxylation is 3. The van der Waals surface area contributed by atoms with Gasteiger partial charge in [-0.15, -0.1) is 0 Å².